The van der Waals surface area contributed by atoms with E-state index >= 15 is 0 Å². The number of rotatable bonds is 5. The first-order chi connectivity index (χ1) is 14.4. The van der Waals surface area contributed by atoms with E-state index in [0.29, 0.717) is 32.3 Å². The predicted octanol–water partition coefficient (Wildman–Crippen LogP) is 5.31. The number of nitrogens with one attached hydrogen (secondary N) is 1. The Morgan fingerprint density at radius 1 is 1.33 bits per heavy atom. The maximum Gasteiger partial charge on any atom is 0.270 e. The molecule has 30 heavy (non-hydrogen) atoms. The van der Waals surface area contributed by atoms with Gasteiger partial charge in [-0.05, 0) is 37.1 Å². The number of thiazole rings is 1. The Kier molecular flexibility index (Phi) is 4.96. The minimum Gasteiger partial charge on any atom is -0.496 e. The molecule has 2 aromatic carbocycles. The molecule has 0 radical (unpaired) electrons. The second kappa shape index (κ2) is 7.60. The average molecular weight is 423 g/mol. The van der Waals surface area contributed by atoms with Gasteiger partial charge in [-0.1, -0.05) is 11.3 Å². The van der Waals surface area contributed by atoms with Gasteiger partial charge in [0.05, 0.1) is 28.5 Å². The maximum atomic E-state index is 12.5. The highest BCUT2D eigenvalue weighted by Gasteiger charge is 2.14. The number of carbonyl (C=O) groups excluding carboxylic acids is 1. The topological polar surface area (TPSA) is 108 Å². The fourth-order valence-corrected chi connectivity index (χ4v) is 4.06. The van der Waals surface area contributed by atoms with Crippen LogP contribution in [0.1, 0.15) is 18.1 Å². The van der Waals surface area contributed by atoms with Crippen LogP contribution in [-0.4, -0.2) is 22.9 Å². The van der Waals surface area contributed by atoms with Gasteiger partial charge in [0, 0.05) is 35.2 Å². The number of nitrogens with zero attached hydrogens (tertiary/aromatic N) is 2. The summed E-state index contributed by atoms with van der Waals surface area (Å²) in [4.78, 5) is 27.3. The fraction of sp³-hybridized carbons (Fsp3) is 0.143. The second-order valence-corrected chi connectivity index (χ2v) is 7.74. The molecule has 0 aliphatic heterocycles. The van der Waals surface area contributed by atoms with Crippen LogP contribution in [0.3, 0.4) is 0 Å². The van der Waals surface area contributed by atoms with E-state index in [4.69, 9.17) is 9.15 Å². The first-order valence-corrected chi connectivity index (χ1v) is 9.78. The van der Waals surface area contributed by atoms with Gasteiger partial charge in [-0.25, -0.2) is 4.98 Å². The lowest BCUT2D eigenvalue weighted by molar-refractivity contribution is -0.384. The normalized spacial score (nSPS) is 11.8. The van der Waals surface area contributed by atoms with Gasteiger partial charge < -0.3 is 9.15 Å². The number of furan rings is 1. The molecule has 0 aliphatic rings. The number of benzene rings is 2. The summed E-state index contributed by atoms with van der Waals surface area (Å²) in [5.74, 6) is 0.248. The summed E-state index contributed by atoms with van der Waals surface area (Å²) in [5, 5.41) is 15.0. The van der Waals surface area contributed by atoms with Crippen molar-refractivity contribution < 1.29 is 18.9 Å². The molecule has 0 saturated carbocycles. The molecule has 1 N–H and O–H groups in total. The zero-order valence-corrected chi connectivity index (χ0v) is 17.2. The standard InChI is InChI=1S/C21H17N3O5S/c1-11(14-8-15-12(2)10-29-18(15)9-17(14)28-3)6-20(25)23-21-22-16-5-4-13(24(26)27)7-19(16)30-21/h4-10H,1-3H3,(H,22,23,25)/b11-6+. The van der Waals surface area contributed by atoms with E-state index in [0.717, 1.165) is 16.5 Å². The first kappa shape index (κ1) is 19.6. The third-order valence-electron chi connectivity index (χ3n) is 4.67. The summed E-state index contributed by atoms with van der Waals surface area (Å²) >= 11 is 1.18. The van der Waals surface area contributed by atoms with E-state index in [1.165, 1.54) is 29.5 Å². The Bertz CT molecular complexity index is 1340. The predicted molar refractivity (Wildman–Crippen MR) is 116 cm³/mol. The largest absolute Gasteiger partial charge is 0.496 e. The van der Waals surface area contributed by atoms with Crippen molar-refractivity contribution in [2.24, 2.45) is 0 Å². The Hall–Kier alpha value is -3.72. The highest BCUT2D eigenvalue weighted by Crippen LogP contribution is 2.33. The number of anilines is 1. The molecule has 4 aromatic rings. The van der Waals surface area contributed by atoms with Crippen LogP contribution in [0.5, 0.6) is 5.75 Å². The number of fused-ring (bicyclic) bond motifs is 2. The third kappa shape index (κ3) is 3.62. The molecule has 0 spiro atoms. The summed E-state index contributed by atoms with van der Waals surface area (Å²) in [7, 11) is 1.56. The van der Waals surface area contributed by atoms with Crippen molar-refractivity contribution in [2.45, 2.75) is 13.8 Å². The number of amides is 1. The van der Waals surface area contributed by atoms with Crippen molar-refractivity contribution in [3.8, 4) is 5.75 Å². The summed E-state index contributed by atoms with van der Waals surface area (Å²) in [6, 6.07) is 8.12. The molecule has 0 bridgehead atoms. The van der Waals surface area contributed by atoms with Crippen molar-refractivity contribution in [2.75, 3.05) is 12.4 Å². The van der Waals surface area contributed by atoms with E-state index < -0.39 is 4.92 Å². The van der Waals surface area contributed by atoms with E-state index in [1.807, 2.05) is 19.9 Å². The number of nitro groups is 1. The van der Waals surface area contributed by atoms with Gasteiger partial charge in [0.15, 0.2) is 5.13 Å². The minimum absolute atomic E-state index is 0.0169. The highest BCUT2D eigenvalue weighted by atomic mass is 32.1. The van der Waals surface area contributed by atoms with Gasteiger partial charge in [0.1, 0.15) is 11.3 Å². The molecule has 0 fully saturated rings. The zero-order valence-electron chi connectivity index (χ0n) is 16.4. The molecule has 152 valence electrons. The zero-order chi connectivity index (χ0) is 21.4. The van der Waals surface area contributed by atoms with E-state index in [1.54, 1.807) is 25.5 Å². The van der Waals surface area contributed by atoms with Crippen LogP contribution in [0.4, 0.5) is 10.8 Å². The molecule has 2 aromatic heterocycles. The number of aryl methyl sites for hydroxylation is 1. The van der Waals surface area contributed by atoms with E-state index in [2.05, 4.69) is 10.3 Å². The quantitative estimate of drug-likeness (QED) is 0.265. The number of non-ortho nitro benzene ring substituents is 1. The number of methoxy groups -OCH3 is 1. The molecule has 9 heteroatoms. The van der Waals surface area contributed by atoms with Gasteiger partial charge in [-0.3, -0.25) is 20.2 Å². The van der Waals surface area contributed by atoms with Crippen LogP contribution < -0.4 is 10.1 Å². The van der Waals surface area contributed by atoms with Gasteiger partial charge in [-0.2, -0.15) is 0 Å². The number of hydrogen-bond acceptors (Lipinski definition) is 7. The van der Waals surface area contributed by atoms with Crippen molar-refractivity contribution >= 4 is 54.8 Å². The number of nitro benzene ring substituents is 1. The van der Waals surface area contributed by atoms with Crippen molar-refractivity contribution in [3.63, 3.8) is 0 Å². The smallest absolute Gasteiger partial charge is 0.270 e. The molecule has 0 atom stereocenters. The van der Waals surface area contributed by atoms with Crippen LogP contribution in [0.15, 0.2) is 47.1 Å². The van der Waals surface area contributed by atoms with E-state index in [9.17, 15) is 14.9 Å². The molecular weight excluding hydrogens is 406 g/mol. The molecule has 0 aliphatic carbocycles. The van der Waals surface area contributed by atoms with Gasteiger partial charge in [0.2, 0.25) is 5.91 Å². The number of carbonyl (C=O) groups is 1. The molecule has 8 nitrogen and oxygen atoms in total. The summed E-state index contributed by atoms with van der Waals surface area (Å²) < 4.78 is 11.6. The molecule has 2 heterocycles. The summed E-state index contributed by atoms with van der Waals surface area (Å²) in [6.07, 6.45) is 3.14. The van der Waals surface area contributed by atoms with Crippen LogP contribution in [0, 0.1) is 17.0 Å². The number of ether oxygens (including phenoxy) is 1. The van der Waals surface area contributed by atoms with Gasteiger partial charge in [0.25, 0.3) is 5.69 Å². The Labute approximate surface area is 174 Å². The second-order valence-electron chi connectivity index (χ2n) is 6.71. The molecule has 1 amide bonds. The summed E-state index contributed by atoms with van der Waals surface area (Å²) in [6.45, 7) is 3.77. The Balaban J connectivity index is 1.61. The molecular formula is C21H17N3O5S. The summed E-state index contributed by atoms with van der Waals surface area (Å²) in [5.41, 5.74) is 3.78. The van der Waals surface area contributed by atoms with Gasteiger partial charge in [-0.15, -0.1) is 0 Å². The van der Waals surface area contributed by atoms with Crippen LogP contribution in [-0.2, 0) is 4.79 Å². The van der Waals surface area contributed by atoms with Crippen LogP contribution in [0.25, 0.3) is 26.8 Å². The molecule has 0 unspecified atom stereocenters. The SMILES string of the molecule is COc1cc2occ(C)c2cc1/C(C)=C/C(=O)Nc1nc2ccc([N+](=O)[O-])cc2s1. The van der Waals surface area contributed by atoms with Crippen LogP contribution >= 0.6 is 11.3 Å². The average Bonchev–Trinajstić information content (AvgIpc) is 3.28. The van der Waals surface area contributed by atoms with Crippen molar-refractivity contribution in [1.82, 2.24) is 4.98 Å². The minimum atomic E-state index is -0.463. The number of aromatic nitrogens is 1. The Morgan fingerprint density at radius 3 is 2.87 bits per heavy atom. The first-order valence-electron chi connectivity index (χ1n) is 8.96. The lowest BCUT2D eigenvalue weighted by Crippen LogP contribution is -2.08. The maximum absolute atomic E-state index is 12.5. The third-order valence-corrected chi connectivity index (χ3v) is 5.61. The molecule has 0 saturated heterocycles. The van der Waals surface area contributed by atoms with Crippen LogP contribution in [0.2, 0.25) is 0 Å². The molecule has 4 rings (SSSR count). The highest BCUT2D eigenvalue weighted by molar-refractivity contribution is 7.22. The number of allylic oxidation sites excluding steroid dienone is 1. The number of hydrogen-bond donors (Lipinski definition) is 1. The van der Waals surface area contributed by atoms with Gasteiger partial charge >= 0.3 is 0 Å². The fourth-order valence-electron chi connectivity index (χ4n) is 3.16. The van der Waals surface area contributed by atoms with E-state index in [-0.39, 0.29) is 11.6 Å². The monoisotopic (exact) mass is 423 g/mol. The lowest BCUT2D eigenvalue weighted by Gasteiger charge is -2.09. The Morgan fingerprint density at radius 2 is 2.13 bits per heavy atom. The van der Waals surface area contributed by atoms with Crippen molar-refractivity contribution in [1.29, 1.82) is 0 Å². The van der Waals surface area contributed by atoms with Crippen molar-refractivity contribution in [3.05, 3.63) is 63.9 Å². The lowest BCUT2D eigenvalue weighted by atomic mass is 10.0.